The first-order valence-corrected chi connectivity index (χ1v) is 8.91. The number of carbonyl (C=O) groups excluding carboxylic acids is 2. The maximum absolute atomic E-state index is 12.9. The number of nitrogens with one attached hydrogen (secondary N) is 1. The van der Waals surface area contributed by atoms with E-state index in [4.69, 9.17) is 0 Å². The fraction of sp³-hybridized carbons (Fsp3) is 0.421. The number of urea groups is 1. The Morgan fingerprint density at radius 2 is 1.76 bits per heavy atom. The van der Waals surface area contributed by atoms with Gasteiger partial charge in [-0.15, -0.1) is 0 Å². The van der Waals surface area contributed by atoms with E-state index in [1.807, 2.05) is 36.5 Å². The van der Waals surface area contributed by atoms with Gasteiger partial charge in [-0.05, 0) is 36.6 Å². The summed E-state index contributed by atoms with van der Waals surface area (Å²) >= 11 is 0. The van der Waals surface area contributed by atoms with Crippen molar-refractivity contribution in [1.82, 2.24) is 20.0 Å². The van der Waals surface area contributed by atoms with Gasteiger partial charge in [0.15, 0.2) is 0 Å². The van der Waals surface area contributed by atoms with Gasteiger partial charge in [-0.3, -0.25) is 9.69 Å². The van der Waals surface area contributed by atoms with Crippen LogP contribution in [-0.2, 0) is 11.3 Å². The number of imide groups is 1. The van der Waals surface area contributed by atoms with E-state index in [9.17, 15) is 9.59 Å². The number of benzene rings is 1. The van der Waals surface area contributed by atoms with Crippen LogP contribution < -0.4 is 5.32 Å². The van der Waals surface area contributed by atoms with E-state index in [0.717, 1.165) is 49.8 Å². The van der Waals surface area contributed by atoms with E-state index in [2.05, 4.69) is 10.4 Å². The van der Waals surface area contributed by atoms with Gasteiger partial charge in [-0.1, -0.05) is 37.8 Å². The number of carbonyl (C=O) groups is 2. The van der Waals surface area contributed by atoms with Gasteiger partial charge in [-0.25, -0.2) is 9.48 Å². The Bertz CT molecular complexity index is 759. The van der Waals surface area contributed by atoms with Crippen molar-refractivity contribution < 1.29 is 9.59 Å². The lowest BCUT2D eigenvalue weighted by atomic mass is 9.90. The minimum Gasteiger partial charge on any atom is -0.323 e. The molecule has 1 N–H and O–H groups in total. The predicted molar refractivity (Wildman–Crippen MR) is 93.1 cm³/mol. The highest BCUT2D eigenvalue weighted by atomic mass is 16.2. The summed E-state index contributed by atoms with van der Waals surface area (Å²) < 4.78 is 1.78. The standard InChI is InChI=1S/C19H22N4O2/c24-17-19(10-3-1-2-4-11-19)21-18(25)22(17)14-15-6-8-16(9-7-15)23-13-5-12-20-23/h5-9,12-13H,1-4,10-11,14H2,(H,21,25). The van der Waals surface area contributed by atoms with E-state index >= 15 is 0 Å². The zero-order valence-electron chi connectivity index (χ0n) is 14.1. The van der Waals surface area contributed by atoms with E-state index in [1.54, 1.807) is 10.9 Å². The van der Waals surface area contributed by atoms with Crippen LogP contribution in [0.4, 0.5) is 4.79 Å². The summed E-state index contributed by atoms with van der Waals surface area (Å²) in [5.74, 6) is -0.0597. The molecule has 1 aliphatic carbocycles. The Kier molecular flexibility index (Phi) is 4.03. The van der Waals surface area contributed by atoms with Gasteiger partial charge in [-0.2, -0.15) is 5.10 Å². The second kappa shape index (κ2) is 6.35. The van der Waals surface area contributed by atoms with Crippen molar-refractivity contribution >= 4 is 11.9 Å². The second-order valence-corrected chi connectivity index (χ2v) is 6.93. The molecule has 2 aliphatic rings. The molecule has 3 amide bonds. The summed E-state index contributed by atoms with van der Waals surface area (Å²) in [6, 6.07) is 9.38. The van der Waals surface area contributed by atoms with Gasteiger partial charge < -0.3 is 5.32 Å². The highest BCUT2D eigenvalue weighted by Crippen LogP contribution is 2.33. The molecule has 1 saturated carbocycles. The molecule has 6 heteroatoms. The number of hydrogen-bond acceptors (Lipinski definition) is 3. The van der Waals surface area contributed by atoms with E-state index in [1.165, 1.54) is 4.90 Å². The third-order valence-electron chi connectivity index (χ3n) is 5.25. The molecule has 2 fully saturated rings. The Balaban J connectivity index is 1.50. The van der Waals surface area contributed by atoms with Gasteiger partial charge in [0.1, 0.15) is 5.54 Å². The quantitative estimate of drug-likeness (QED) is 0.875. The van der Waals surface area contributed by atoms with Crippen LogP contribution >= 0.6 is 0 Å². The molecular formula is C19H22N4O2. The molecule has 4 rings (SSSR count). The zero-order chi connectivity index (χ0) is 17.3. The van der Waals surface area contributed by atoms with Crippen molar-refractivity contribution in [2.75, 3.05) is 0 Å². The molecule has 1 saturated heterocycles. The van der Waals surface area contributed by atoms with Crippen LogP contribution in [0.2, 0.25) is 0 Å². The number of aromatic nitrogens is 2. The number of amides is 3. The first-order chi connectivity index (χ1) is 12.2. The maximum Gasteiger partial charge on any atom is 0.325 e. The minimum absolute atomic E-state index is 0.0597. The largest absolute Gasteiger partial charge is 0.325 e. The monoisotopic (exact) mass is 338 g/mol. The molecule has 6 nitrogen and oxygen atoms in total. The lowest BCUT2D eigenvalue weighted by Gasteiger charge is -2.24. The van der Waals surface area contributed by atoms with Gasteiger partial charge in [0.05, 0.1) is 12.2 Å². The topological polar surface area (TPSA) is 67.2 Å². The van der Waals surface area contributed by atoms with Crippen LogP contribution in [0.15, 0.2) is 42.7 Å². The summed E-state index contributed by atoms with van der Waals surface area (Å²) in [6.07, 6.45) is 9.39. The smallest absolute Gasteiger partial charge is 0.323 e. The fourth-order valence-electron chi connectivity index (χ4n) is 3.85. The summed E-state index contributed by atoms with van der Waals surface area (Å²) in [4.78, 5) is 26.7. The third-order valence-corrected chi connectivity index (χ3v) is 5.25. The molecule has 2 aromatic rings. The van der Waals surface area contributed by atoms with Gasteiger partial charge >= 0.3 is 6.03 Å². The lowest BCUT2D eigenvalue weighted by molar-refractivity contribution is -0.132. The molecule has 0 atom stereocenters. The minimum atomic E-state index is -0.664. The van der Waals surface area contributed by atoms with Crippen LogP contribution in [0.1, 0.15) is 44.1 Å². The molecule has 1 aromatic heterocycles. The SMILES string of the molecule is O=C1NC2(CCCCCC2)C(=O)N1Cc1ccc(-n2cccn2)cc1. The van der Waals surface area contributed by atoms with Gasteiger partial charge in [0.25, 0.3) is 5.91 Å². The second-order valence-electron chi connectivity index (χ2n) is 6.93. The Hall–Kier alpha value is -2.63. The lowest BCUT2D eigenvalue weighted by Crippen LogP contribution is -2.46. The van der Waals surface area contributed by atoms with Crippen molar-refractivity contribution in [2.24, 2.45) is 0 Å². The van der Waals surface area contributed by atoms with Crippen molar-refractivity contribution in [3.63, 3.8) is 0 Å². The summed E-state index contributed by atoms with van der Waals surface area (Å²) in [7, 11) is 0. The zero-order valence-corrected chi connectivity index (χ0v) is 14.1. The molecule has 1 aromatic carbocycles. The summed E-state index contributed by atoms with van der Waals surface area (Å²) in [6.45, 7) is 0.311. The first kappa shape index (κ1) is 15.9. The molecule has 0 bridgehead atoms. The summed E-state index contributed by atoms with van der Waals surface area (Å²) in [5.41, 5.74) is 1.22. The maximum atomic E-state index is 12.9. The van der Waals surface area contributed by atoms with Crippen LogP contribution in [-0.4, -0.2) is 32.2 Å². The van der Waals surface area contributed by atoms with Gasteiger partial charge in [0, 0.05) is 12.4 Å². The highest BCUT2D eigenvalue weighted by molar-refractivity contribution is 6.07. The van der Waals surface area contributed by atoms with Crippen molar-refractivity contribution in [2.45, 2.75) is 50.6 Å². The normalized spacial score (nSPS) is 19.9. The molecule has 1 spiro atoms. The first-order valence-electron chi connectivity index (χ1n) is 8.91. The van der Waals surface area contributed by atoms with Crippen molar-refractivity contribution in [3.8, 4) is 5.69 Å². The molecule has 0 radical (unpaired) electrons. The van der Waals surface area contributed by atoms with Crippen molar-refractivity contribution in [3.05, 3.63) is 48.3 Å². The van der Waals surface area contributed by atoms with Crippen LogP contribution in [0, 0.1) is 0 Å². The average molecular weight is 338 g/mol. The van der Waals surface area contributed by atoms with Crippen LogP contribution in [0.3, 0.4) is 0 Å². The van der Waals surface area contributed by atoms with Crippen LogP contribution in [0.5, 0.6) is 0 Å². The van der Waals surface area contributed by atoms with E-state index in [-0.39, 0.29) is 11.9 Å². The third kappa shape index (κ3) is 2.92. The van der Waals surface area contributed by atoms with E-state index in [0.29, 0.717) is 6.54 Å². The Morgan fingerprint density at radius 3 is 2.40 bits per heavy atom. The Labute approximate surface area is 146 Å². The number of rotatable bonds is 3. The average Bonchev–Trinajstić information content (AvgIpc) is 3.15. The molecule has 2 heterocycles. The van der Waals surface area contributed by atoms with E-state index < -0.39 is 5.54 Å². The number of hydrogen-bond donors (Lipinski definition) is 1. The molecular weight excluding hydrogens is 316 g/mol. The molecule has 130 valence electrons. The highest BCUT2D eigenvalue weighted by Gasteiger charge is 2.50. The molecule has 0 unspecified atom stereocenters. The van der Waals surface area contributed by atoms with Gasteiger partial charge in [0.2, 0.25) is 0 Å². The molecule has 1 aliphatic heterocycles. The fourth-order valence-corrected chi connectivity index (χ4v) is 3.85. The predicted octanol–water partition coefficient (Wildman–Crippen LogP) is 3.02. The number of nitrogens with zero attached hydrogens (tertiary/aromatic N) is 3. The Morgan fingerprint density at radius 1 is 1.04 bits per heavy atom. The van der Waals surface area contributed by atoms with Crippen LogP contribution in [0.25, 0.3) is 5.69 Å². The summed E-state index contributed by atoms with van der Waals surface area (Å²) in [5, 5.41) is 7.18. The van der Waals surface area contributed by atoms with Crippen molar-refractivity contribution in [1.29, 1.82) is 0 Å². The molecule has 25 heavy (non-hydrogen) atoms.